The molecular weight excluding hydrogens is 428 g/mol. The van der Waals surface area contributed by atoms with Crippen molar-refractivity contribution in [1.82, 2.24) is 18.6 Å². The smallest absolute Gasteiger partial charge is 0.274 e. The van der Waals surface area contributed by atoms with Crippen molar-refractivity contribution in [3.8, 4) is 5.75 Å². The Balaban J connectivity index is 0.00000256. The van der Waals surface area contributed by atoms with Gasteiger partial charge in [-0.3, -0.25) is 4.79 Å². The van der Waals surface area contributed by atoms with Gasteiger partial charge >= 0.3 is 0 Å². The minimum absolute atomic E-state index is 0. The molecule has 160 valence electrons. The summed E-state index contributed by atoms with van der Waals surface area (Å²) in [5.41, 5.74) is 2.10. The minimum Gasteiger partial charge on any atom is -0.497 e. The van der Waals surface area contributed by atoms with E-state index in [4.69, 9.17) is 4.74 Å². The SMILES string of the molecule is COc1ccc(S(=O)(=O)N2CCN(C(=O)c3cn4cccc(C)c4n3)CC2)cc1.Cl. The van der Waals surface area contributed by atoms with Gasteiger partial charge in [-0.2, -0.15) is 4.31 Å². The van der Waals surface area contributed by atoms with Crippen LogP contribution in [-0.4, -0.2) is 66.2 Å². The maximum absolute atomic E-state index is 12.9. The van der Waals surface area contributed by atoms with Gasteiger partial charge in [-0.25, -0.2) is 13.4 Å². The number of rotatable bonds is 4. The van der Waals surface area contributed by atoms with Crippen LogP contribution in [0.25, 0.3) is 5.65 Å². The van der Waals surface area contributed by atoms with Gasteiger partial charge < -0.3 is 14.0 Å². The number of sulfonamides is 1. The number of amides is 1. The number of hydrogen-bond acceptors (Lipinski definition) is 5. The van der Waals surface area contributed by atoms with Crippen molar-refractivity contribution >= 4 is 34.0 Å². The van der Waals surface area contributed by atoms with E-state index in [-0.39, 0.29) is 36.3 Å². The summed E-state index contributed by atoms with van der Waals surface area (Å²) in [6, 6.07) is 10.2. The second-order valence-electron chi connectivity index (χ2n) is 6.92. The third-order valence-electron chi connectivity index (χ3n) is 5.12. The van der Waals surface area contributed by atoms with E-state index in [9.17, 15) is 13.2 Å². The molecule has 1 aliphatic rings. The molecule has 0 saturated carbocycles. The summed E-state index contributed by atoms with van der Waals surface area (Å²) < 4.78 is 34.0. The van der Waals surface area contributed by atoms with Crippen LogP contribution in [0.3, 0.4) is 0 Å². The Morgan fingerprint density at radius 1 is 1.07 bits per heavy atom. The molecule has 0 N–H and O–H groups in total. The van der Waals surface area contributed by atoms with Gasteiger partial charge in [0.15, 0.2) is 0 Å². The summed E-state index contributed by atoms with van der Waals surface area (Å²) in [5.74, 6) is 0.414. The third-order valence-corrected chi connectivity index (χ3v) is 7.03. The van der Waals surface area contributed by atoms with Crippen LogP contribution in [0.4, 0.5) is 0 Å². The summed E-state index contributed by atoms with van der Waals surface area (Å²) >= 11 is 0. The van der Waals surface area contributed by atoms with Crippen LogP contribution in [0, 0.1) is 6.92 Å². The zero-order chi connectivity index (χ0) is 20.6. The molecule has 2 aromatic heterocycles. The highest BCUT2D eigenvalue weighted by atomic mass is 35.5. The Kier molecular flexibility index (Phi) is 6.35. The number of methoxy groups -OCH3 is 1. The monoisotopic (exact) mass is 450 g/mol. The van der Waals surface area contributed by atoms with E-state index in [2.05, 4.69) is 4.98 Å². The number of ether oxygens (including phenoxy) is 1. The van der Waals surface area contributed by atoms with Gasteiger partial charge in [-0.1, -0.05) is 6.07 Å². The number of pyridine rings is 1. The lowest BCUT2D eigenvalue weighted by Crippen LogP contribution is -2.50. The average molecular weight is 451 g/mol. The Bertz CT molecular complexity index is 1150. The molecule has 8 nitrogen and oxygen atoms in total. The molecule has 10 heteroatoms. The Hall–Kier alpha value is -2.62. The molecular formula is C20H23ClN4O4S. The highest BCUT2D eigenvalue weighted by molar-refractivity contribution is 7.89. The zero-order valence-corrected chi connectivity index (χ0v) is 18.3. The van der Waals surface area contributed by atoms with Crippen molar-refractivity contribution in [2.45, 2.75) is 11.8 Å². The van der Waals surface area contributed by atoms with E-state index >= 15 is 0 Å². The fraction of sp³-hybridized carbons (Fsp3) is 0.300. The van der Waals surface area contributed by atoms with E-state index in [0.29, 0.717) is 24.5 Å². The predicted octanol–water partition coefficient (Wildman–Crippen LogP) is 2.22. The molecule has 0 aliphatic carbocycles. The first-order chi connectivity index (χ1) is 13.9. The van der Waals surface area contributed by atoms with E-state index in [1.807, 2.05) is 29.7 Å². The molecule has 3 aromatic rings. The molecule has 1 amide bonds. The summed E-state index contributed by atoms with van der Waals surface area (Å²) in [7, 11) is -2.07. The van der Waals surface area contributed by atoms with Gasteiger partial charge in [-0.15, -0.1) is 12.4 Å². The number of aromatic nitrogens is 2. The first-order valence-corrected chi connectivity index (χ1v) is 10.7. The van der Waals surface area contributed by atoms with Crippen LogP contribution >= 0.6 is 12.4 Å². The first kappa shape index (κ1) is 22.1. The number of halogens is 1. The van der Waals surface area contributed by atoms with Crippen LogP contribution in [-0.2, 0) is 10.0 Å². The highest BCUT2D eigenvalue weighted by Crippen LogP contribution is 2.21. The van der Waals surface area contributed by atoms with Crippen molar-refractivity contribution in [3.63, 3.8) is 0 Å². The second-order valence-corrected chi connectivity index (χ2v) is 8.86. The van der Waals surface area contributed by atoms with Crippen LogP contribution in [0.1, 0.15) is 16.1 Å². The van der Waals surface area contributed by atoms with Crippen LogP contribution < -0.4 is 4.74 Å². The van der Waals surface area contributed by atoms with Crippen molar-refractivity contribution in [2.24, 2.45) is 0 Å². The number of piperazine rings is 1. The van der Waals surface area contributed by atoms with Crippen molar-refractivity contribution in [2.75, 3.05) is 33.3 Å². The molecule has 1 fully saturated rings. The molecule has 0 atom stereocenters. The van der Waals surface area contributed by atoms with E-state index in [1.165, 1.54) is 23.5 Å². The lowest BCUT2D eigenvalue weighted by molar-refractivity contribution is 0.0692. The summed E-state index contributed by atoms with van der Waals surface area (Å²) in [6.07, 6.45) is 3.57. The molecule has 0 unspecified atom stereocenters. The minimum atomic E-state index is -3.61. The Morgan fingerprint density at radius 3 is 2.33 bits per heavy atom. The molecule has 0 radical (unpaired) electrons. The highest BCUT2D eigenvalue weighted by Gasteiger charge is 2.31. The Morgan fingerprint density at radius 2 is 1.73 bits per heavy atom. The zero-order valence-electron chi connectivity index (χ0n) is 16.7. The molecule has 3 heterocycles. The summed E-state index contributed by atoms with van der Waals surface area (Å²) in [6.45, 7) is 3.07. The second kappa shape index (κ2) is 8.63. The topological polar surface area (TPSA) is 84.2 Å². The molecule has 1 aromatic carbocycles. The van der Waals surface area contributed by atoms with E-state index in [0.717, 1.165) is 11.2 Å². The van der Waals surface area contributed by atoms with Gasteiger partial charge in [0, 0.05) is 38.6 Å². The number of nitrogens with zero attached hydrogens (tertiary/aromatic N) is 4. The molecule has 0 bridgehead atoms. The largest absolute Gasteiger partial charge is 0.497 e. The van der Waals surface area contributed by atoms with Gasteiger partial charge in [0.1, 0.15) is 17.1 Å². The average Bonchev–Trinajstić information content (AvgIpc) is 3.19. The number of carbonyl (C=O) groups is 1. The number of aryl methyl sites for hydroxylation is 1. The number of hydrogen-bond donors (Lipinski definition) is 0. The van der Waals surface area contributed by atoms with Crippen molar-refractivity contribution in [3.05, 3.63) is 60.0 Å². The summed E-state index contributed by atoms with van der Waals surface area (Å²) in [5, 5.41) is 0. The molecule has 1 saturated heterocycles. The molecule has 0 spiro atoms. The normalized spacial score (nSPS) is 15.1. The lowest BCUT2D eigenvalue weighted by atomic mass is 10.3. The molecule has 1 aliphatic heterocycles. The van der Waals surface area contributed by atoms with Crippen molar-refractivity contribution in [1.29, 1.82) is 0 Å². The third kappa shape index (κ3) is 4.00. The van der Waals surface area contributed by atoms with Crippen LogP contribution in [0.5, 0.6) is 5.75 Å². The van der Waals surface area contributed by atoms with E-state index in [1.54, 1.807) is 23.2 Å². The van der Waals surface area contributed by atoms with Gasteiger partial charge in [0.2, 0.25) is 10.0 Å². The molecule has 4 rings (SSSR count). The first-order valence-electron chi connectivity index (χ1n) is 9.28. The summed E-state index contributed by atoms with van der Waals surface area (Å²) in [4.78, 5) is 19.2. The Labute approximate surface area is 181 Å². The quantitative estimate of drug-likeness (QED) is 0.608. The standard InChI is InChI=1S/C20H22N4O4S.ClH/c1-15-4-3-9-23-14-18(21-19(15)23)20(25)22-10-12-24(13-11-22)29(26,27)17-7-5-16(28-2)6-8-17;/h3-9,14H,10-13H2,1-2H3;1H. The number of imidazole rings is 1. The van der Waals surface area contributed by atoms with Gasteiger partial charge in [0.25, 0.3) is 5.91 Å². The number of carbonyl (C=O) groups excluding carboxylic acids is 1. The lowest BCUT2D eigenvalue weighted by Gasteiger charge is -2.33. The molecule has 30 heavy (non-hydrogen) atoms. The maximum Gasteiger partial charge on any atom is 0.274 e. The number of benzene rings is 1. The van der Waals surface area contributed by atoms with E-state index < -0.39 is 10.0 Å². The fourth-order valence-electron chi connectivity index (χ4n) is 3.45. The maximum atomic E-state index is 12.9. The van der Waals surface area contributed by atoms with Crippen molar-refractivity contribution < 1.29 is 17.9 Å². The van der Waals surface area contributed by atoms with Gasteiger partial charge in [0.05, 0.1) is 12.0 Å². The number of fused-ring (bicyclic) bond motifs is 1. The van der Waals surface area contributed by atoms with Crippen LogP contribution in [0.15, 0.2) is 53.7 Å². The predicted molar refractivity (Wildman–Crippen MR) is 115 cm³/mol. The fourth-order valence-corrected chi connectivity index (χ4v) is 4.87. The van der Waals surface area contributed by atoms with Gasteiger partial charge in [-0.05, 0) is 42.8 Å². The van der Waals surface area contributed by atoms with Crippen LogP contribution in [0.2, 0.25) is 0 Å².